The minimum atomic E-state index is -4.51. The molecule has 1 N–H and O–H groups in total. The first kappa shape index (κ1) is 24.8. The third-order valence-corrected chi connectivity index (χ3v) is 5.86. The quantitative estimate of drug-likeness (QED) is 0.409. The summed E-state index contributed by atoms with van der Waals surface area (Å²) in [6.45, 7) is 3.38. The van der Waals surface area contributed by atoms with E-state index in [1.54, 1.807) is 0 Å². The summed E-state index contributed by atoms with van der Waals surface area (Å²) in [5.74, 6) is -0.735. The van der Waals surface area contributed by atoms with Crippen LogP contribution in [0.5, 0.6) is 17.6 Å². The van der Waals surface area contributed by atoms with Gasteiger partial charge in [-0.2, -0.15) is 13.2 Å². The Morgan fingerprint density at radius 3 is 2.57 bits per heavy atom. The van der Waals surface area contributed by atoms with Crippen LogP contribution in [-0.2, 0) is 16.4 Å². The maximum absolute atomic E-state index is 13.5. The smallest absolute Gasteiger partial charge is 0.420 e. The van der Waals surface area contributed by atoms with E-state index >= 15 is 0 Å². The highest BCUT2D eigenvalue weighted by Gasteiger charge is 2.53. The molecule has 1 aromatic heterocycles. The predicted octanol–water partition coefficient (Wildman–Crippen LogP) is 5.68. The van der Waals surface area contributed by atoms with Gasteiger partial charge in [0.2, 0.25) is 5.89 Å². The highest BCUT2D eigenvalue weighted by atomic mass is 35.5. The molecule has 1 amide bonds. The molecule has 3 aromatic rings. The van der Waals surface area contributed by atoms with Crippen LogP contribution in [0, 0.1) is 5.82 Å². The van der Waals surface area contributed by atoms with E-state index in [1.165, 1.54) is 24.3 Å². The average Bonchev–Trinajstić information content (AvgIpc) is 3.22. The summed E-state index contributed by atoms with van der Waals surface area (Å²) in [6, 6.07) is 8.19. The SMILES string of the molecule is CC1(NC(=O)COc2ccc(Cl)c(F)c2)CC(C)(c2nnc(Oc3cccc(C(F)(F)F)c3)o2)C1. The maximum Gasteiger partial charge on any atom is 0.420 e. The first-order valence-electron chi connectivity index (χ1n) is 10.4. The molecule has 1 heterocycles. The summed E-state index contributed by atoms with van der Waals surface area (Å²) in [5, 5.41) is 10.6. The second-order valence-electron chi connectivity index (χ2n) is 8.89. The van der Waals surface area contributed by atoms with Crippen molar-refractivity contribution >= 4 is 17.5 Å². The Bertz CT molecular complexity index is 1240. The van der Waals surface area contributed by atoms with E-state index < -0.39 is 34.4 Å². The number of alkyl halides is 3. The van der Waals surface area contributed by atoms with E-state index in [-0.39, 0.29) is 35.1 Å². The zero-order valence-electron chi connectivity index (χ0n) is 18.6. The number of nitrogens with one attached hydrogen (secondary N) is 1. The van der Waals surface area contributed by atoms with Crippen molar-refractivity contribution in [1.82, 2.24) is 15.5 Å². The number of rotatable bonds is 7. The Morgan fingerprint density at radius 1 is 1.14 bits per heavy atom. The van der Waals surface area contributed by atoms with Gasteiger partial charge in [-0.3, -0.25) is 4.79 Å². The number of nitrogens with zero attached hydrogens (tertiary/aromatic N) is 2. The summed E-state index contributed by atoms with van der Waals surface area (Å²) in [5.41, 5.74) is -2.03. The first-order valence-corrected chi connectivity index (χ1v) is 10.8. The molecule has 35 heavy (non-hydrogen) atoms. The van der Waals surface area contributed by atoms with Crippen molar-refractivity contribution < 1.29 is 36.2 Å². The van der Waals surface area contributed by atoms with Gasteiger partial charge in [0, 0.05) is 11.6 Å². The van der Waals surface area contributed by atoms with Crippen molar-refractivity contribution in [3.63, 3.8) is 0 Å². The lowest BCUT2D eigenvalue weighted by atomic mass is 9.59. The molecule has 1 aliphatic carbocycles. The zero-order chi connectivity index (χ0) is 25.4. The lowest BCUT2D eigenvalue weighted by Gasteiger charge is -2.51. The molecule has 186 valence electrons. The Labute approximate surface area is 202 Å². The number of ether oxygens (including phenoxy) is 2. The van der Waals surface area contributed by atoms with Crippen molar-refractivity contribution in [3.05, 3.63) is 64.8 Å². The molecule has 1 saturated carbocycles. The molecule has 1 aliphatic rings. The van der Waals surface area contributed by atoms with Gasteiger partial charge in [0.1, 0.15) is 17.3 Å². The summed E-state index contributed by atoms with van der Waals surface area (Å²) in [4.78, 5) is 12.3. The van der Waals surface area contributed by atoms with Crippen LogP contribution in [0.15, 0.2) is 46.9 Å². The monoisotopic (exact) mass is 513 g/mol. The molecular formula is C23H20ClF4N3O4. The van der Waals surface area contributed by atoms with Gasteiger partial charge in [0.05, 0.1) is 16.0 Å². The molecule has 4 rings (SSSR count). The number of carbonyl (C=O) groups excluding carboxylic acids is 1. The van der Waals surface area contributed by atoms with Gasteiger partial charge in [0.25, 0.3) is 5.91 Å². The van der Waals surface area contributed by atoms with E-state index in [0.717, 1.165) is 18.2 Å². The highest BCUT2D eigenvalue weighted by Crippen LogP contribution is 2.49. The summed E-state index contributed by atoms with van der Waals surface area (Å²) >= 11 is 5.62. The van der Waals surface area contributed by atoms with Crippen molar-refractivity contribution in [2.75, 3.05) is 6.61 Å². The molecule has 7 nitrogen and oxygen atoms in total. The second-order valence-corrected chi connectivity index (χ2v) is 9.30. The van der Waals surface area contributed by atoms with Gasteiger partial charge in [0.15, 0.2) is 6.61 Å². The lowest BCUT2D eigenvalue weighted by molar-refractivity contribution is -0.137. The highest BCUT2D eigenvalue weighted by molar-refractivity contribution is 6.30. The molecule has 0 saturated heterocycles. The molecule has 0 atom stereocenters. The first-order chi connectivity index (χ1) is 16.4. The fourth-order valence-electron chi connectivity index (χ4n) is 4.33. The van der Waals surface area contributed by atoms with Crippen LogP contribution in [-0.4, -0.2) is 28.3 Å². The van der Waals surface area contributed by atoms with Gasteiger partial charge in [-0.25, -0.2) is 4.39 Å². The van der Waals surface area contributed by atoms with E-state index in [2.05, 4.69) is 15.5 Å². The van der Waals surface area contributed by atoms with Crippen LogP contribution >= 0.6 is 11.6 Å². The van der Waals surface area contributed by atoms with Crippen molar-refractivity contribution in [1.29, 1.82) is 0 Å². The van der Waals surface area contributed by atoms with Gasteiger partial charge in [-0.05, 0) is 50.1 Å². The number of amides is 1. The molecule has 2 aromatic carbocycles. The van der Waals surface area contributed by atoms with Crippen LogP contribution in [0.1, 0.15) is 38.1 Å². The number of carbonyl (C=O) groups is 1. The van der Waals surface area contributed by atoms with Crippen LogP contribution < -0.4 is 14.8 Å². The van der Waals surface area contributed by atoms with Gasteiger partial charge in [-0.1, -0.05) is 29.7 Å². The number of hydrogen-bond donors (Lipinski definition) is 1. The fraction of sp³-hybridized carbons (Fsp3) is 0.348. The van der Waals surface area contributed by atoms with E-state index in [4.69, 9.17) is 25.5 Å². The van der Waals surface area contributed by atoms with E-state index in [9.17, 15) is 22.4 Å². The lowest BCUT2D eigenvalue weighted by Crippen LogP contribution is -2.61. The topological polar surface area (TPSA) is 86.5 Å². The molecule has 0 radical (unpaired) electrons. The van der Waals surface area contributed by atoms with Crippen molar-refractivity contribution in [2.24, 2.45) is 0 Å². The third-order valence-electron chi connectivity index (χ3n) is 5.55. The number of hydrogen-bond acceptors (Lipinski definition) is 6. The van der Waals surface area contributed by atoms with Crippen molar-refractivity contribution in [3.8, 4) is 17.6 Å². The number of aromatic nitrogens is 2. The van der Waals surface area contributed by atoms with Crippen LogP contribution in [0.3, 0.4) is 0 Å². The molecular weight excluding hydrogens is 494 g/mol. The average molecular weight is 514 g/mol. The van der Waals surface area contributed by atoms with Crippen LogP contribution in [0.2, 0.25) is 5.02 Å². The second kappa shape index (κ2) is 9.03. The van der Waals surface area contributed by atoms with Crippen molar-refractivity contribution in [2.45, 2.75) is 43.8 Å². The molecule has 0 spiro atoms. The predicted molar refractivity (Wildman–Crippen MR) is 116 cm³/mol. The van der Waals surface area contributed by atoms with E-state index in [0.29, 0.717) is 12.8 Å². The Kier molecular flexibility index (Phi) is 6.39. The Morgan fingerprint density at radius 2 is 1.89 bits per heavy atom. The minimum absolute atomic E-state index is 0.0486. The van der Waals surface area contributed by atoms with Gasteiger partial charge >= 0.3 is 12.3 Å². The number of halogens is 5. The Hall–Kier alpha value is -3.34. The molecule has 12 heteroatoms. The summed E-state index contributed by atoms with van der Waals surface area (Å²) in [6.07, 6.45) is -3.90. The maximum atomic E-state index is 13.5. The largest absolute Gasteiger partial charge is 0.484 e. The normalized spacial score (nSPS) is 21.8. The van der Waals surface area contributed by atoms with E-state index in [1.807, 2.05) is 13.8 Å². The standard InChI is InChI=1S/C23H20ClF4N3O4/c1-21(19-30-31-20(35-19)34-15-5-3-4-13(8-15)23(26,27)28)11-22(2,12-21)29-18(32)10-33-14-6-7-16(24)17(25)9-14/h3-9H,10-12H2,1-2H3,(H,29,32). The summed E-state index contributed by atoms with van der Waals surface area (Å²) < 4.78 is 68.3. The van der Waals surface area contributed by atoms with Crippen LogP contribution in [0.4, 0.5) is 17.6 Å². The fourth-order valence-corrected chi connectivity index (χ4v) is 4.45. The Balaban J connectivity index is 1.32. The number of benzene rings is 2. The molecule has 0 unspecified atom stereocenters. The van der Waals surface area contributed by atoms with Crippen LogP contribution in [0.25, 0.3) is 0 Å². The zero-order valence-corrected chi connectivity index (χ0v) is 19.3. The third kappa shape index (κ3) is 5.67. The summed E-state index contributed by atoms with van der Waals surface area (Å²) in [7, 11) is 0. The molecule has 1 fully saturated rings. The minimum Gasteiger partial charge on any atom is -0.484 e. The van der Waals surface area contributed by atoms with Gasteiger partial charge < -0.3 is 19.2 Å². The molecule has 0 bridgehead atoms. The molecule has 0 aliphatic heterocycles. The van der Waals surface area contributed by atoms with Gasteiger partial charge in [-0.15, -0.1) is 5.10 Å².